The van der Waals surface area contributed by atoms with E-state index >= 15 is 0 Å². The number of anilines is 1. The average Bonchev–Trinajstić information content (AvgIpc) is 2.39. The van der Waals surface area contributed by atoms with Crippen LogP contribution in [0, 0.1) is 5.92 Å². The molecule has 1 unspecified atom stereocenters. The van der Waals surface area contributed by atoms with Crippen LogP contribution in [-0.4, -0.2) is 23.4 Å². The molecule has 1 heterocycles. The van der Waals surface area contributed by atoms with Crippen molar-refractivity contribution in [2.24, 2.45) is 5.92 Å². The molecule has 0 radical (unpaired) electrons. The Balaban J connectivity index is 2.26. The van der Waals surface area contributed by atoms with Gasteiger partial charge in [0.05, 0.1) is 6.61 Å². The van der Waals surface area contributed by atoms with E-state index < -0.39 is 0 Å². The van der Waals surface area contributed by atoms with Crippen LogP contribution >= 0.6 is 0 Å². The molecule has 0 aromatic heterocycles. The molecule has 1 aromatic rings. The number of ketones is 1. The number of fused-ring (bicyclic) bond motifs is 1. The monoisotopic (exact) mass is 247 g/mol. The van der Waals surface area contributed by atoms with Crippen molar-refractivity contribution in [1.82, 2.24) is 0 Å². The number of aliphatic hydroxyl groups excluding tert-OH is 1. The van der Waals surface area contributed by atoms with Gasteiger partial charge in [-0.25, -0.2) is 0 Å². The first-order valence-corrected chi connectivity index (χ1v) is 6.23. The van der Waals surface area contributed by atoms with E-state index in [2.05, 4.69) is 5.32 Å². The van der Waals surface area contributed by atoms with Crippen molar-refractivity contribution in [3.8, 4) is 0 Å². The molecule has 0 saturated heterocycles. The number of amides is 1. The molecule has 1 atom stereocenters. The van der Waals surface area contributed by atoms with Crippen LogP contribution in [0.2, 0.25) is 0 Å². The summed E-state index contributed by atoms with van der Waals surface area (Å²) in [6, 6.07) is 5.31. The van der Waals surface area contributed by atoms with E-state index in [9.17, 15) is 9.59 Å². The molecule has 4 nitrogen and oxygen atoms in total. The number of hydrogen-bond donors (Lipinski definition) is 2. The number of nitrogens with one attached hydrogen (secondary N) is 1. The van der Waals surface area contributed by atoms with E-state index in [0.717, 1.165) is 11.3 Å². The lowest BCUT2D eigenvalue weighted by Gasteiger charge is -2.18. The van der Waals surface area contributed by atoms with Crippen molar-refractivity contribution in [2.75, 3.05) is 11.9 Å². The van der Waals surface area contributed by atoms with Crippen molar-refractivity contribution in [1.29, 1.82) is 0 Å². The van der Waals surface area contributed by atoms with Crippen LogP contribution in [0.3, 0.4) is 0 Å². The largest absolute Gasteiger partial charge is 0.396 e. The van der Waals surface area contributed by atoms with E-state index in [-0.39, 0.29) is 24.2 Å². The number of hydrogen-bond acceptors (Lipinski definition) is 3. The smallest absolute Gasteiger partial charge is 0.224 e. The minimum atomic E-state index is -0.332. The Morgan fingerprint density at radius 3 is 2.89 bits per heavy atom. The second-order valence-electron chi connectivity index (χ2n) is 4.57. The number of aliphatic hydroxyl groups is 1. The van der Waals surface area contributed by atoms with Gasteiger partial charge >= 0.3 is 0 Å². The van der Waals surface area contributed by atoms with E-state index in [4.69, 9.17) is 5.11 Å². The highest BCUT2D eigenvalue weighted by Gasteiger charge is 2.20. The van der Waals surface area contributed by atoms with E-state index in [1.807, 2.05) is 13.0 Å². The number of carbonyl (C=O) groups is 2. The molecule has 0 bridgehead atoms. The Hall–Kier alpha value is -1.68. The highest BCUT2D eigenvalue weighted by molar-refractivity contribution is 6.00. The van der Waals surface area contributed by atoms with Gasteiger partial charge in [0.15, 0.2) is 5.78 Å². The summed E-state index contributed by atoms with van der Waals surface area (Å²) in [5.41, 5.74) is 2.40. The summed E-state index contributed by atoms with van der Waals surface area (Å²) in [5, 5.41) is 11.9. The Morgan fingerprint density at radius 1 is 1.44 bits per heavy atom. The Labute approximate surface area is 106 Å². The highest BCUT2D eigenvalue weighted by Crippen LogP contribution is 2.25. The van der Waals surface area contributed by atoms with Crippen LogP contribution in [0.15, 0.2) is 18.2 Å². The zero-order valence-corrected chi connectivity index (χ0v) is 10.4. The fourth-order valence-corrected chi connectivity index (χ4v) is 2.17. The van der Waals surface area contributed by atoms with Crippen molar-refractivity contribution in [2.45, 2.75) is 26.2 Å². The van der Waals surface area contributed by atoms with Crippen LogP contribution in [0.1, 0.15) is 35.7 Å². The zero-order valence-electron chi connectivity index (χ0n) is 10.4. The summed E-state index contributed by atoms with van der Waals surface area (Å²) in [6.07, 6.45) is 1.75. The summed E-state index contributed by atoms with van der Waals surface area (Å²) in [4.78, 5) is 23.3. The molecule has 0 aliphatic carbocycles. The fraction of sp³-hybridized carbons (Fsp3) is 0.429. The minimum absolute atomic E-state index is 0.0170. The molecule has 0 fully saturated rings. The van der Waals surface area contributed by atoms with Crippen LogP contribution in [0.5, 0.6) is 0 Å². The second-order valence-corrected chi connectivity index (χ2v) is 4.57. The fourth-order valence-electron chi connectivity index (χ4n) is 2.17. The Bertz CT molecular complexity index is 478. The number of rotatable bonds is 4. The molecule has 96 valence electrons. The lowest BCUT2D eigenvalue weighted by atomic mass is 9.92. The minimum Gasteiger partial charge on any atom is -0.396 e. The van der Waals surface area contributed by atoms with Crippen LogP contribution in [-0.2, 0) is 11.2 Å². The number of Topliss-reactive ketones (excluding diaryl/α,β-unsaturated/α-hetero) is 1. The molecule has 18 heavy (non-hydrogen) atoms. The first-order chi connectivity index (χ1) is 8.65. The predicted molar refractivity (Wildman–Crippen MR) is 68.6 cm³/mol. The topological polar surface area (TPSA) is 66.4 Å². The Morgan fingerprint density at radius 2 is 2.22 bits per heavy atom. The molecule has 1 aliphatic heterocycles. The quantitative estimate of drug-likeness (QED) is 0.797. The van der Waals surface area contributed by atoms with Crippen LogP contribution < -0.4 is 5.32 Å². The van der Waals surface area contributed by atoms with Crippen molar-refractivity contribution >= 4 is 17.4 Å². The third kappa shape index (κ3) is 2.43. The first-order valence-electron chi connectivity index (χ1n) is 6.23. The number of benzene rings is 1. The molecule has 4 heteroatoms. The molecule has 0 saturated carbocycles. The molecular weight excluding hydrogens is 230 g/mol. The molecule has 2 N–H and O–H groups in total. The summed E-state index contributed by atoms with van der Waals surface area (Å²) < 4.78 is 0. The van der Waals surface area contributed by atoms with E-state index in [1.165, 1.54) is 0 Å². The van der Waals surface area contributed by atoms with Gasteiger partial charge in [0, 0.05) is 23.6 Å². The lowest BCUT2D eigenvalue weighted by Crippen LogP contribution is -2.21. The lowest BCUT2D eigenvalue weighted by molar-refractivity contribution is -0.116. The first kappa shape index (κ1) is 12.8. The van der Waals surface area contributed by atoms with E-state index in [0.29, 0.717) is 24.8 Å². The van der Waals surface area contributed by atoms with Crippen molar-refractivity contribution in [3.05, 3.63) is 29.3 Å². The average molecular weight is 247 g/mol. The number of aryl methyl sites for hydroxylation is 1. The summed E-state index contributed by atoms with van der Waals surface area (Å²) in [6.45, 7) is 1.76. The molecular formula is C14H17NO3. The van der Waals surface area contributed by atoms with Gasteiger partial charge in [0.25, 0.3) is 0 Å². The standard InChI is InChI=1S/C14H17NO3/c1-2-9(8-16)14(18)11-3-5-12-10(7-11)4-6-13(17)15-12/h3,5,7,9,16H,2,4,6,8H2,1H3,(H,15,17). The van der Waals surface area contributed by atoms with Crippen LogP contribution in [0.25, 0.3) is 0 Å². The van der Waals surface area contributed by atoms with Gasteiger partial charge in [-0.05, 0) is 36.6 Å². The maximum absolute atomic E-state index is 12.1. The van der Waals surface area contributed by atoms with Gasteiger partial charge in [0.2, 0.25) is 5.91 Å². The Kier molecular flexibility index (Phi) is 3.77. The summed E-state index contributed by atoms with van der Waals surface area (Å²) in [5.74, 6) is -0.343. The summed E-state index contributed by atoms with van der Waals surface area (Å²) >= 11 is 0. The normalized spacial score (nSPS) is 15.8. The van der Waals surface area contributed by atoms with Gasteiger partial charge in [0.1, 0.15) is 0 Å². The van der Waals surface area contributed by atoms with Gasteiger partial charge in [-0.2, -0.15) is 0 Å². The summed E-state index contributed by atoms with van der Waals surface area (Å²) in [7, 11) is 0. The molecule has 0 spiro atoms. The van der Waals surface area contributed by atoms with Gasteiger partial charge in [-0.3, -0.25) is 9.59 Å². The maximum Gasteiger partial charge on any atom is 0.224 e. The highest BCUT2D eigenvalue weighted by atomic mass is 16.3. The SMILES string of the molecule is CCC(CO)C(=O)c1ccc2c(c1)CCC(=O)N2. The molecule has 1 aliphatic rings. The van der Waals surface area contributed by atoms with Crippen molar-refractivity contribution in [3.63, 3.8) is 0 Å². The molecule has 2 rings (SSSR count). The van der Waals surface area contributed by atoms with Gasteiger partial charge in [-0.1, -0.05) is 6.92 Å². The van der Waals surface area contributed by atoms with Crippen molar-refractivity contribution < 1.29 is 14.7 Å². The predicted octanol–water partition coefficient (Wildman–Crippen LogP) is 1.77. The maximum atomic E-state index is 12.1. The number of carbonyl (C=O) groups excluding carboxylic acids is 2. The third-order valence-corrected chi connectivity index (χ3v) is 3.37. The molecule has 1 amide bonds. The zero-order chi connectivity index (χ0) is 13.1. The third-order valence-electron chi connectivity index (χ3n) is 3.37. The van der Waals surface area contributed by atoms with Crippen LogP contribution in [0.4, 0.5) is 5.69 Å². The molecule has 1 aromatic carbocycles. The van der Waals surface area contributed by atoms with Gasteiger partial charge in [-0.15, -0.1) is 0 Å². The van der Waals surface area contributed by atoms with Gasteiger partial charge < -0.3 is 10.4 Å². The van der Waals surface area contributed by atoms with E-state index in [1.54, 1.807) is 12.1 Å². The second kappa shape index (κ2) is 5.31.